The zero-order valence-corrected chi connectivity index (χ0v) is 15.1. The summed E-state index contributed by atoms with van der Waals surface area (Å²) in [4.78, 5) is 16.3. The number of carbonyl (C=O) groups excluding carboxylic acids is 1. The van der Waals surface area contributed by atoms with Gasteiger partial charge in [-0.25, -0.2) is 12.8 Å². The number of aliphatic imine (C=N–C) groups is 1. The summed E-state index contributed by atoms with van der Waals surface area (Å²) in [6, 6.07) is 9.29. The summed E-state index contributed by atoms with van der Waals surface area (Å²) < 4.78 is 41.0. The van der Waals surface area contributed by atoms with Gasteiger partial charge in [0.1, 0.15) is 11.7 Å². The van der Waals surface area contributed by atoms with Crippen LogP contribution in [0.1, 0.15) is 23.2 Å². The van der Waals surface area contributed by atoms with Gasteiger partial charge >= 0.3 is 0 Å². The van der Waals surface area contributed by atoms with Gasteiger partial charge in [-0.2, -0.15) is 0 Å². The van der Waals surface area contributed by atoms with Crippen molar-refractivity contribution in [1.29, 1.82) is 0 Å². The van der Waals surface area contributed by atoms with Gasteiger partial charge in [-0.3, -0.25) is 14.5 Å². The number of halogens is 2. The maximum absolute atomic E-state index is 13.8. The van der Waals surface area contributed by atoms with Gasteiger partial charge in [0.25, 0.3) is 15.9 Å². The molecule has 1 amide bonds. The van der Waals surface area contributed by atoms with Crippen LogP contribution in [0.15, 0.2) is 52.4 Å². The van der Waals surface area contributed by atoms with Crippen molar-refractivity contribution >= 4 is 39.1 Å². The highest BCUT2D eigenvalue weighted by molar-refractivity contribution is 7.90. The van der Waals surface area contributed by atoms with Crippen LogP contribution in [0.5, 0.6) is 0 Å². The Morgan fingerprint density at radius 2 is 2.00 bits per heavy atom. The number of amides is 1. The molecule has 0 saturated carbocycles. The fourth-order valence-corrected chi connectivity index (χ4v) is 3.75. The Kier molecular flexibility index (Phi) is 5.24. The lowest BCUT2D eigenvalue weighted by molar-refractivity contribution is 0.102. The van der Waals surface area contributed by atoms with Crippen LogP contribution in [0, 0.1) is 5.82 Å². The van der Waals surface area contributed by atoms with Crippen molar-refractivity contribution in [2.24, 2.45) is 4.99 Å². The molecule has 0 saturated heterocycles. The summed E-state index contributed by atoms with van der Waals surface area (Å²) in [5, 5.41) is 2.69. The second-order valence-electron chi connectivity index (χ2n) is 5.64. The minimum absolute atomic E-state index is 0.0310. The Balaban J connectivity index is 1.81. The average molecular weight is 396 g/mol. The largest absolute Gasteiger partial charge is 0.322 e. The first-order valence-corrected chi connectivity index (χ1v) is 9.64. The summed E-state index contributed by atoms with van der Waals surface area (Å²) in [6.45, 7) is 0.596. The number of carbonyl (C=O) groups is 1. The maximum atomic E-state index is 13.8. The molecule has 2 N–H and O–H groups in total. The topological polar surface area (TPSA) is 87.6 Å². The monoisotopic (exact) mass is 395 g/mol. The van der Waals surface area contributed by atoms with E-state index in [1.165, 1.54) is 36.4 Å². The molecule has 3 rings (SSSR count). The normalized spacial score (nSPS) is 14.0. The van der Waals surface area contributed by atoms with E-state index in [0.717, 1.165) is 12.5 Å². The first kappa shape index (κ1) is 18.3. The van der Waals surface area contributed by atoms with Crippen LogP contribution in [0.2, 0.25) is 5.02 Å². The Bertz CT molecular complexity index is 992. The highest BCUT2D eigenvalue weighted by Gasteiger charge is 2.19. The molecule has 26 heavy (non-hydrogen) atoms. The molecule has 0 aromatic heterocycles. The molecule has 0 aliphatic carbocycles. The highest BCUT2D eigenvalue weighted by Crippen LogP contribution is 2.19. The lowest BCUT2D eigenvalue weighted by Gasteiger charge is -2.10. The average Bonchev–Trinajstić information content (AvgIpc) is 3.09. The molecule has 0 unspecified atom stereocenters. The van der Waals surface area contributed by atoms with E-state index in [1.807, 2.05) is 0 Å². The maximum Gasteiger partial charge on any atom is 0.262 e. The zero-order chi connectivity index (χ0) is 18.7. The van der Waals surface area contributed by atoms with E-state index in [9.17, 15) is 17.6 Å². The molecule has 1 aliphatic rings. The van der Waals surface area contributed by atoms with E-state index in [1.54, 1.807) is 0 Å². The molecule has 0 fully saturated rings. The highest BCUT2D eigenvalue weighted by atomic mass is 35.5. The molecule has 0 bridgehead atoms. The predicted octanol–water partition coefficient (Wildman–Crippen LogP) is 3.20. The molecule has 6 nitrogen and oxygen atoms in total. The number of hydrogen-bond acceptors (Lipinski definition) is 4. The van der Waals surface area contributed by atoms with Gasteiger partial charge in [-0.15, -0.1) is 0 Å². The van der Waals surface area contributed by atoms with E-state index >= 15 is 0 Å². The fourth-order valence-electron chi connectivity index (χ4n) is 2.45. The number of hydrogen-bond donors (Lipinski definition) is 2. The van der Waals surface area contributed by atoms with Crippen LogP contribution < -0.4 is 10.0 Å². The number of nitrogens with one attached hydrogen (secondary N) is 2. The fraction of sp³-hybridized carbons (Fsp3) is 0.176. The first-order chi connectivity index (χ1) is 12.3. The Labute approximate surface area is 155 Å². The standard InChI is InChI=1S/C17H15ClFN3O3S/c18-11-6-7-15(19)14(9-11)17(23)21-12-3-1-4-13(10-12)26(24,25)22-16-5-2-8-20-16/h1,3-4,6-7,9-10H,2,5,8H2,(H,20,22)(H,21,23). The summed E-state index contributed by atoms with van der Waals surface area (Å²) in [5.41, 5.74) is -0.0187. The minimum Gasteiger partial charge on any atom is -0.322 e. The summed E-state index contributed by atoms with van der Waals surface area (Å²) in [6.07, 6.45) is 1.38. The van der Waals surface area contributed by atoms with E-state index in [-0.39, 0.29) is 21.2 Å². The molecule has 1 heterocycles. The number of rotatable bonds is 4. The predicted molar refractivity (Wildman–Crippen MR) is 97.7 cm³/mol. The van der Waals surface area contributed by atoms with Crippen molar-refractivity contribution in [2.75, 3.05) is 11.9 Å². The van der Waals surface area contributed by atoms with Crippen molar-refractivity contribution < 1.29 is 17.6 Å². The molecule has 0 atom stereocenters. The van der Waals surface area contributed by atoms with Crippen molar-refractivity contribution in [3.05, 3.63) is 58.9 Å². The summed E-state index contributed by atoms with van der Waals surface area (Å²) in [5.74, 6) is -1.04. The quantitative estimate of drug-likeness (QED) is 0.833. The molecular weight excluding hydrogens is 381 g/mol. The van der Waals surface area contributed by atoms with E-state index in [0.29, 0.717) is 18.8 Å². The molecule has 136 valence electrons. The number of sulfonamides is 1. The number of amidine groups is 1. The molecule has 1 aliphatic heterocycles. The molecule has 2 aromatic carbocycles. The van der Waals surface area contributed by atoms with Gasteiger partial charge in [0.2, 0.25) is 0 Å². The lowest BCUT2D eigenvalue weighted by Crippen LogP contribution is -2.29. The van der Waals surface area contributed by atoms with Crippen LogP contribution in [0.3, 0.4) is 0 Å². The second-order valence-corrected chi connectivity index (χ2v) is 7.76. The Morgan fingerprint density at radius 3 is 2.73 bits per heavy atom. The third kappa shape index (κ3) is 4.20. The third-order valence-electron chi connectivity index (χ3n) is 3.70. The molecule has 0 radical (unpaired) electrons. The van der Waals surface area contributed by atoms with Gasteiger partial charge < -0.3 is 5.32 Å². The van der Waals surface area contributed by atoms with E-state index in [2.05, 4.69) is 15.0 Å². The summed E-state index contributed by atoms with van der Waals surface area (Å²) in [7, 11) is -3.81. The second kappa shape index (κ2) is 7.43. The van der Waals surface area contributed by atoms with Crippen LogP contribution in [-0.2, 0) is 10.0 Å². The first-order valence-electron chi connectivity index (χ1n) is 7.78. The van der Waals surface area contributed by atoms with Gasteiger partial charge in [0.05, 0.1) is 10.5 Å². The van der Waals surface area contributed by atoms with Crippen LogP contribution in [0.4, 0.5) is 10.1 Å². The smallest absolute Gasteiger partial charge is 0.262 e. The minimum atomic E-state index is -3.81. The number of benzene rings is 2. The van der Waals surface area contributed by atoms with Crippen molar-refractivity contribution in [3.8, 4) is 0 Å². The van der Waals surface area contributed by atoms with Crippen molar-refractivity contribution in [2.45, 2.75) is 17.7 Å². The van der Waals surface area contributed by atoms with Crippen molar-refractivity contribution in [1.82, 2.24) is 4.72 Å². The van der Waals surface area contributed by atoms with Crippen LogP contribution in [0.25, 0.3) is 0 Å². The van der Waals surface area contributed by atoms with Gasteiger partial charge in [-0.1, -0.05) is 17.7 Å². The number of anilines is 1. The SMILES string of the molecule is O=C(Nc1cccc(S(=O)(=O)NC2=NCCC2)c1)c1cc(Cl)ccc1F. The number of nitrogens with zero attached hydrogens (tertiary/aromatic N) is 1. The van der Waals surface area contributed by atoms with Gasteiger partial charge in [0, 0.05) is 23.7 Å². The Morgan fingerprint density at radius 1 is 1.19 bits per heavy atom. The van der Waals surface area contributed by atoms with Crippen LogP contribution in [-0.4, -0.2) is 26.7 Å². The molecule has 0 spiro atoms. The van der Waals surface area contributed by atoms with E-state index < -0.39 is 21.7 Å². The Hall–Kier alpha value is -2.45. The molecule has 9 heteroatoms. The van der Waals surface area contributed by atoms with Crippen molar-refractivity contribution in [3.63, 3.8) is 0 Å². The molecule has 2 aromatic rings. The zero-order valence-electron chi connectivity index (χ0n) is 13.5. The van der Waals surface area contributed by atoms with E-state index in [4.69, 9.17) is 11.6 Å². The van der Waals surface area contributed by atoms with Gasteiger partial charge in [0.15, 0.2) is 0 Å². The van der Waals surface area contributed by atoms with Gasteiger partial charge in [-0.05, 0) is 42.8 Å². The van der Waals surface area contributed by atoms with Crippen LogP contribution >= 0.6 is 11.6 Å². The molecular formula is C17H15ClFN3O3S. The third-order valence-corrected chi connectivity index (χ3v) is 5.32. The lowest BCUT2D eigenvalue weighted by atomic mass is 10.2. The summed E-state index contributed by atoms with van der Waals surface area (Å²) >= 11 is 5.78.